The molecule has 0 unspecified atom stereocenters. The highest BCUT2D eigenvalue weighted by molar-refractivity contribution is 6.67. The zero-order valence-corrected chi connectivity index (χ0v) is 7.24. The number of aromatic nitrogens is 1. The number of nitrogens with one attached hydrogen (secondary N) is 1. The third-order valence-electron chi connectivity index (χ3n) is 1.44. The summed E-state index contributed by atoms with van der Waals surface area (Å²) >= 11 is 4.86. The molecular formula is C7H3ClF3NO2. The Morgan fingerprint density at radius 1 is 1.50 bits per heavy atom. The second-order valence-corrected chi connectivity index (χ2v) is 2.69. The van der Waals surface area contributed by atoms with Crippen molar-refractivity contribution in [3.05, 3.63) is 33.5 Å². The molecule has 1 heterocycles. The molecule has 76 valence electrons. The summed E-state index contributed by atoms with van der Waals surface area (Å²) in [5, 5.41) is -1.33. The summed E-state index contributed by atoms with van der Waals surface area (Å²) in [6.07, 6.45) is -3.02. The number of alkyl halides is 2. The Balaban J connectivity index is 3.40. The largest absolute Gasteiger partial charge is 0.320 e. The van der Waals surface area contributed by atoms with Gasteiger partial charge in [-0.05, 0) is 11.6 Å². The van der Waals surface area contributed by atoms with Crippen LogP contribution in [0, 0.1) is 5.82 Å². The third kappa shape index (κ3) is 1.95. The molecule has 0 saturated heterocycles. The number of hydrogen-bond acceptors (Lipinski definition) is 2. The average molecular weight is 226 g/mol. The van der Waals surface area contributed by atoms with Crippen LogP contribution in [0.25, 0.3) is 0 Å². The second kappa shape index (κ2) is 3.83. The van der Waals surface area contributed by atoms with E-state index in [1.165, 1.54) is 0 Å². The normalized spacial score (nSPS) is 10.6. The number of aromatic amines is 1. The van der Waals surface area contributed by atoms with Crippen LogP contribution in [0.15, 0.2) is 10.9 Å². The molecule has 7 heteroatoms. The van der Waals surface area contributed by atoms with Crippen LogP contribution in [-0.2, 0) is 0 Å². The Morgan fingerprint density at radius 3 is 2.43 bits per heavy atom. The van der Waals surface area contributed by atoms with Crippen molar-refractivity contribution < 1.29 is 18.0 Å². The number of rotatable bonds is 2. The summed E-state index contributed by atoms with van der Waals surface area (Å²) < 4.78 is 36.9. The molecule has 0 aliphatic rings. The Hall–Kier alpha value is -1.30. The highest BCUT2D eigenvalue weighted by Crippen LogP contribution is 2.16. The van der Waals surface area contributed by atoms with Gasteiger partial charge in [0.15, 0.2) is 0 Å². The summed E-state index contributed by atoms with van der Waals surface area (Å²) in [4.78, 5) is 23.0. The lowest BCUT2D eigenvalue weighted by Crippen LogP contribution is -2.19. The zero-order valence-electron chi connectivity index (χ0n) is 6.48. The first-order valence-electron chi connectivity index (χ1n) is 3.34. The van der Waals surface area contributed by atoms with Gasteiger partial charge in [-0.1, -0.05) is 0 Å². The molecular weight excluding hydrogens is 223 g/mol. The lowest BCUT2D eigenvalue weighted by atomic mass is 10.2. The van der Waals surface area contributed by atoms with E-state index in [4.69, 9.17) is 11.6 Å². The molecule has 0 aliphatic carbocycles. The number of H-pyrrole nitrogens is 1. The minimum absolute atomic E-state index is 0.363. The second-order valence-electron chi connectivity index (χ2n) is 2.35. The predicted molar refractivity (Wildman–Crippen MR) is 42.2 cm³/mol. The number of carbonyl (C=O) groups excluding carboxylic acids is 1. The number of carbonyl (C=O) groups is 1. The van der Waals surface area contributed by atoms with Crippen molar-refractivity contribution >= 4 is 16.8 Å². The highest BCUT2D eigenvalue weighted by atomic mass is 35.5. The Kier molecular flexibility index (Phi) is 2.95. The van der Waals surface area contributed by atoms with Crippen molar-refractivity contribution in [2.75, 3.05) is 0 Å². The number of halogens is 4. The molecule has 0 aromatic carbocycles. The van der Waals surface area contributed by atoms with Crippen LogP contribution in [0.5, 0.6) is 0 Å². The average Bonchev–Trinajstić information content (AvgIpc) is 2.01. The quantitative estimate of drug-likeness (QED) is 0.781. The molecule has 14 heavy (non-hydrogen) atoms. The van der Waals surface area contributed by atoms with E-state index in [0.717, 1.165) is 0 Å². The minimum atomic E-state index is -3.02. The molecule has 1 rings (SSSR count). The van der Waals surface area contributed by atoms with Crippen molar-refractivity contribution in [2.45, 2.75) is 6.43 Å². The zero-order chi connectivity index (χ0) is 10.9. The van der Waals surface area contributed by atoms with Crippen LogP contribution in [-0.4, -0.2) is 10.2 Å². The highest BCUT2D eigenvalue weighted by Gasteiger charge is 2.18. The molecule has 0 amide bonds. The Morgan fingerprint density at radius 2 is 2.07 bits per heavy atom. The van der Waals surface area contributed by atoms with Crippen molar-refractivity contribution in [3.8, 4) is 0 Å². The van der Waals surface area contributed by atoms with E-state index >= 15 is 0 Å². The molecule has 0 aliphatic heterocycles. The van der Waals surface area contributed by atoms with Gasteiger partial charge in [0.1, 0.15) is 11.4 Å². The fourth-order valence-electron chi connectivity index (χ4n) is 0.848. The van der Waals surface area contributed by atoms with Crippen molar-refractivity contribution in [2.24, 2.45) is 0 Å². The van der Waals surface area contributed by atoms with Gasteiger partial charge in [-0.3, -0.25) is 9.59 Å². The minimum Gasteiger partial charge on any atom is -0.320 e. The van der Waals surface area contributed by atoms with Crippen molar-refractivity contribution in [1.82, 2.24) is 4.98 Å². The monoisotopic (exact) mass is 225 g/mol. The maximum absolute atomic E-state index is 12.9. The van der Waals surface area contributed by atoms with Gasteiger partial charge >= 0.3 is 0 Å². The summed E-state index contributed by atoms with van der Waals surface area (Å²) in [5.41, 5.74) is -3.12. The molecule has 0 radical (unpaired) electrons. The molecule has 3 nitrogen and oxygen atoms in total. The van der Waals surface area contributed by atoms with E-state index in [0.29, 0.717) is 6.07 Å². The van der Waals surface area contributed by atoms with Crippen LogP contribution in [0.2, 0.25) is 0 Å². The maximum Gasteiger partial charge on any atom is 0.278 e. The van der Waals surface area contributed by atoms with E-state index in [1.54, 1.807) is 4.98 Å². The van der Waals surface area contributed by atoms with Crippen molar-refractivity contribution in [1.29, 1.82) is 0 Å². The van der Waals surface area contributed by atoms with E-state index < -0.39 is 34.3 Å². The van der Waals surface area contributed by atoms with Crippen LogP contribution in [0.1, 0.15) is 22.5 Å². The van der Waals surface area contributed by atoms with Gasteiger partial charge < -0.3 is 4.98 Å². The van der Waals surface area contributed by atoms with Gasteiger partial charge in [0, 0.05) is 6.07 Å². The van der Waals surface area contributed by atoms with Gasteiger partial charge in [-0.15, -0.1) is 0 Å². The van der Waals surface area contributed by atoms with Gasteiger partial charge in [0.2, 0.25) is 0 Å². The smallest absolute Gasteiger partial charge is 0.278 e. The van der Waals surface area contributed by atoms with Gasteiger partial charge in [-0.2, -0.15) is 0 Å². The molecule has 0 saturated carbocycles. The molecule has 1 N–H and O–H groups in total. The van der Waals surface area contributed by atoms with Crippen molar-refractivity contribution in [3.63, 3.8) is 0 Å². The molecule has 0 fully saturated rings. The van der Waals surface area contributed by atoms with Crippen LogP contribution in [0.4, 0.5) is 13.2 Å². The predicted octanol–water partition coefficient (Wildman–Crippen LogP) is 1.83. The fraction of sp³-hybridized carbons (Fsp3) is 0.143. The summed E-state index contributed by atoms with van der Waals surface area (Å²) in [7, 11) is 0. The molecule has 1 aromatic heterocycles. The lowest BCUT2D eigenvalue weighted by Gasteiger charge is -2.01. The number of hydrogen-bond donors (Lipinski definition) is 1. The first-order valence-corrected chi connectivity index (χ1v) is 3.72. The van der Waals surface area contributed by atoms with Crippen LogP contribution in [0.3, 0.4) is 0 Å². The first kappa shape index (κ1) is 10.8. The summed E-state index contributed by atoms with van der Waals surface area (Å²) in [5.74, 6) is -1.36. The topological polar surface area (TPSA) is 49.9 Å². The molecule has 1 aromatic rings. The maximum atomic E-state index is 12.9. The van der Waals surface area contributed by atoms with E-state index in [-0.39, 0.29) is 0 Å². The Labute approximate surface area is 80.5 Å². The standard InChI is InChI=1S/C7H3ClF3NO2/c8-5(13)4-2(9)1-3(6(10)11)12-7(4)14/h1,6H,(H,12,14). The molecule has 0 spiro atoms. The molecule has 0 atom stereocenters. The van der Waals surface area contributed by atoms with E-state index in [2.05, 4.69) is 0 Å². The van der Waals surface area contributed by atoms with Gasteiger partial charge in [0.05, 0.1) is 5.69 Å². The lowest BCUT2D eigenvalue weighted by molar-refractivity contribution is 0.107. The van der Waals surface area contributed by atoms with Crippen LogP contribution < -0.4 is 5.56 Å². The number of pyridine rings is 1. The summed E-state index contributed by atoms with van der Waals surface area (Å²) in [6.45, 7) is 0. The first-order chi connectivity index (χ1) is 6.43. The van der Waals surface area contributed by atoms with Gasteiger partial charge in [-0.25, -0.2) is 13.2 Å². The van der Waals surface area contributed by atoms with Crippen LogP contribution >= 0.6 is 11.6 Å². The van der Waals surface area contributed by atoms with E-state index in [9.17, 15) is 22.8 Å². The fourth-order valence-corrected chi connectivity index (χ4v) is 1.02. The van der Waals surface area contributed by atoms with Gasteiger partial charge in [0.25, 0.3) is 17.2 Å². The SMILES string of the molecule is O=C(Cl)c1c(F)cc(C(F)F)[nH]c1=O. The summed E-state index contributed by atoms with van der Waals surface area (Å²) in [6, 6.07) is 0.363. The van der Waals surface area contributed by atoms with E-state index in [1.807, 2.05) is 0 Å². The Bertz CT molecular complexity index is 429. The molecule has 0 bridgehead atoms. The third-order valence-corrected chi connectivity index (χ3v) is 1.63.